The topological polar surface area (TPSA) is 117 Å². The van der Waals surface area contributed by atoms with Crippen molar-refractivity contribution in [2.45, 2.75) is 37.9 Å². The van der Waals surface area contributed by atoms with Crippen molar-refractivity contribution in [1.29, 1.82) is 0 Å². The summed E-state index contributed by atoms with van der Waals surface area (Å²) in [7, 11) is 3.26. The molecule has 0 aliphatic carbocycles. The van der Waals surface area contributed by atoms with Crippen LogP contribution in [0.1, 0.15) is 24.8 Å². The third kappa shape index (κ3) is 8.20. The molecule has 0 unspecified atom stereocenters. The smallest absolute Gasteiger partial charge is 0.490 e. The minimum absolute atomic E-state index is 0.387. The maximum atomic E-state index is 11.7. The van der Waals surface area contributed by atoms with Gasteiger partial charge in [0.2, 0.25) is 0 Å². The summed E-state index contributed by atoms with van der Waals surface area (Å²) in [5.74, 6) is -1.37. The molecule has 11 heteroatoms. The second-order valence-corrected chi connectivity index (χ2v) is 7.56. The van der Waals surface area contributed by atoms with Crippen molar-refractivity contribution in [2.24, 2.45) is 4.99 Å². The van der Waals surface area contributed by atoms with Gasteiger partial charge in [0.15, 0.2) is 0 Å². The quantitative estimate of drug-likeness (QED) is 0.527. The zero-order chi connectivity index (χ0) is 26.0. The van der Waals surface area contributed by atoms with Crippen LogP contribution in [0.4, 0.5) is 13.2 Å². The molecule has 0 bridgehead atoms. The number of hydrogen-bond donors (Lipinski definition) is 3. The number of carboxylic acid groups (broad SMARTS) is 2. The first-order valence-electron chi connectivity index (χ1n) is 10.7. The van der Waals surface area contributed by atoms with Gasteiger partial charge in [0.1, 0.15) is 17.5 Å². The number of amidine groups is 1. The molecule has 8 nitrogen and oxygen atoms in total. The second kappa shape index (κ2) is 12.6. The highest BCUT2D eigenvalue weighted by atomic mass is 19.4. The lowest BCUT2D eigenvalue weighted by molar-refractivity contribution is -0.192. The number of nitrogens with one attached hydrogen (secondary N) is 1. The minimum Gasteiger partial charge on any atom is -0.496 e. The Balaban J connectivity index is 0.000000540. The van der Waals surface area contributed by atoms with Gasteiger partial charge in [0, 0.05) is 19.4 Å². The summed E-state index contributed by atoms with van der Waals surface area (Å²) in [5, 5.41) is 19.8. The lowest BCUT2D eigenvalue weighted by atomic mass is 9.99. The highest BCUT2D eigenvalue weighted by Gasteiger charge is 2.38. The van der Waals surface area contributed by atoms with Crippen molar-refractivity contribution in [3.8, 4) is 22.6 Å². The van der Waals surface area contributed by atoms with Gasteiger partial charge in [-0.05, 0) is 36.1 Å². The molecule has 0 aromatic heterocycles. The Labute approximate surface area is 200 Å². The van der Waals surface area contributed by atoms with Crippen LogP contribution in [0, 0.1) is 0 Å². The summed E-state index contributed by atoms with van der Waals surface area (Å²) in [6.45, 7) is 0.768. The molecule has 1 aliphatic rings. The molecule has 3 rings (SSSR count). The Hall–Kier alpha value is -3.76. The van der Waals surface area contributed by atoms with Crippen LogP contribution >= 0.6 is 0 Å². The number of rotatable bonds is 7. The molecule has 0 saturated heterocycles. The summed E-state index contributed by atoms with van der Waals surface area (Å²) in [6, 6.07) is 12.8. The first-order chi connectivity index (χ1) is 16.6. The zero-order valence-electron chi connectivity index (χ0n) is 19.3. The summed E-state index contributed by atoms with van der Waals surface area (Å²) in [5.41, 5.74) is 2.77. The fraction of sp³-hybridized carbons (Fsp3) is 0.375. The summed E-state index contributed by atoms with van der Waals surface area (Å²) in [6.07, 6.45) is -1.77. The Bertz CT molecular complexity index is 1020. The van der Waals surface area contributed by atoms with E-state index in [-0.39, 0.29) is 0 Å². The molecule has 0 saturated carbocycles. The van der Waals surface area contributed by atoms with Crippen LogP contribution in [0.5, 0.6) is 11.5 Å². The zero-order valence-corrected chi connectivity index (χ0v) is 19.3. The van der Waals surface area contributed by atoms with Crippen molar-refractivity contribution in [3.05, 3.63) is 48.0 Å². The highest BCUT2D eigenvalue weighted by molar-refractivity contribution is 5.87. The van der Waals surface area contributed by atoms with Crippen LogP contribution in [-0.2, 0) is 16.0 Å². The van der Waals surface area contributed by atoms with Crippen LogP contribution in [0.3, 0.4) is 0 Å². The number of halogens is 3. The van der Waals surface area contributed by atoms with Crippen LogP contribution in [0.2, 0.25) is 0 Å². The van der Waals surface area contributed by atoms with Crippen molar-refractivity contribution in [3.63, 3.8) is 0 Å². The van der Waals surface area contributed by atoms with E-state index in [0.29, 0.717) is 6.42 Å². The number of carboxylic acids is 2. The molecule has 1 aliphatic heterocycles. The average Bonchev–Trinajstić information content (AvgIpc) is 2.84. The molecule has 190 valence electrons. The van der Waals surface area contributed by atoms with E-state index < -0.39 is 24.2 Å². The lowest BCUT2D eigenvalue weighted by Gasteiger charge is -2.20. The molecular formula is C24H27F3N2O6. The van der Waals surface area contributed by atoms with Crippen molar-refractivity contribution in [1.82, 2.24) is 5.32 Å². The van der Waals surface area contributed by atoms with Gasteiger partial charge >= 0.3 is 18.1 Å². The monoisotopic (exact) mass is 496 g/mol. The number of methoxy groups -OCH3 is 2. The third-order valence-electron chi connectivity index (χ3n) is 5.12. The first-order valence-corrected chi connectivity index (χ1v) is 10.7. The maximum Gasteiger partial charge on any atom is 0.490 e. The number of carbonyl (C=O) groups is 2. The van der Waals surface area contributed by atoms with Gasteiger partial charge in [-0.1, -0.05) is 30.3 Å². The molecule has 2 aromatic rings. The predicted molar refractivity (Wildman–Crippen MR) is 123 cm³/mol. The summed E-state index contributed by atoms with van der Waals surface area (Å²) >= 11 is 0. The molecule has 0 radical (unpaired) electrons. The van der Waals surface area contributed by atoms with Gasteiger partial charge in [0.05, 0.1) is 25.6 Å². The lowest BCUT2D eigenvalue weighted by Crippen LogP contribution is -2.43. The number of ether oxygens (including phenoxy) is 2. The number of hydrogen-bond acceptors (Lipinski definition) is 6. The SMILES string of the molecule is COc1cccc(OC)c1-c1ccc(C[C@H](NC2=NCCCC2)C(=O)O)cc1.O=C(O)C(F)(F)F. The molecule has 35 heavy (non-hydrogen) atoms. The molecule has 0 spiro atoms. The van der Waals surface area contributed by atoms with Crippen molar-refractivity contribution in [2.75, 3.05) is 20.8 Å². The fourth-order valence-electron chi connectivity index (χ4n) is 3.40. The van der Waals surface area contributed by atoms with E-state index in [2.05, 4.69) is 10.3 Å². The van der Waals surface area contributed by atoms with Gasteiger partial charge in [-0.15, -0.1) is 0 Å². The number of aliphatic imine (C=N–C) groups is 1. The third-order valence-corrected chi connectivity index (χ3v) is 5.12. The second-order valence-electron chi connectivity index (χ2n) is 7.56. The van der Waals surface area contributed by atoms with Crippen LogP contribution in [-0.4, -0.2) is 61.0 Å². The standard InChI is InChI=1S/C22H26N2O4.C2HF3O2/c1-27-18-6-5-7-19(28-2)21(18)16-11-9-15(10-12-16)14-17(22(25)26)24-20-8-3-4-13-23-20;3-2(4,5)1(6)7/h5-7,9-12,17H,3-4,8,13-14H2,1-2H3,(H,23,24)(H,25,26);(H,6,7)/t17-;/m0./s1. The Morgan fingerprint density at radius 2 is 1.60 bits per heavy atom. The largest absolute Gasteiger partial charge is 0.496 e. The Morgan fingerprint density at radius 1 is 1.03 bits per heavy atom. The Kier molecular flexibility index (Phi) is 9.92. The van der Waals surface area contributed by atoms with Gasteiger partial charge in [-0.2, -0.15) is 13.2 Å². The summed E-state index contributed by atoms with van der Waals surface area (Å²) in [4.78, 5) is 25.0. The van der Waals surface area contributed by atoms with Crippen LogP contribution in [0.25, 0.3) is 11.1 Å². The highest BCUT2D eigenvalue weighted by Crippen LogP contribution is 2.38. The molecule has 0 amide bonds. The molecule has 2 aromatic carbocycles. The van der Waals surface area contributed by atoms with Crippen molar-refractivity contribution >= 4 is 17.8 Å². The normalized spacial score (nSPS) is 14.0. The number of alkyl halides is 3. The number of aliphatic carboxylic acids is 2. The molecule has 0 fully saturated rings. The molecule has 3 N–H and O–H groups in total. The van der Waals surface area contributed by atoms with E-state index >= 15 is 0 Å². The van der Waals surface area contributed by atoms with E-state index in [1.54, 1.807) is 14.2 Å². The van der Waals surface area contributed by atoms with Gasteiger partial charge in [-0.25, -0.2) is 9.59 Å². The predicted octanol–water partition coefficient (Wildman–Crippen LogP) is 4.17. The van der Waals surface area contributed by atoms with Gasteiger partial charge < -0.3 is 25.0 Å². The fourth-order valence-corrected chi connectivity index (χ4v) is 3.40. The molecular weight excluding hydrogens is 469 g/mol. The minimum atomic E-state index is -5.08. The van der Waals surface area contributed by atoms with E-state index in [1.807, 2.05) is 42.5 Å². The molecule has 1 atom stereocenters. The van der Waals surface area contributed by atoms with Gasteiger partial charge in [-0.3, -0.25) is 4.99 Å². The van der Waals surface area contributed by atoms with Crippen molar-refractivity contribution < 1.29 is 42.4 Å². The average molecular weight is 496 g/mol. The number of nitrogens with zero attached hydrogens (tertiary/aromatic N) is 1. The van der Waals surface area contributed by atoms with E-state index in [4.69, 9.17) is 19.4 Å². The van der Waals surface area contributed by atoms with E-state index in [0.717, 1.165) is 59.8 Å². The Morgan fingerprint density at radius 3 is 2.03 bits per heavy atom. The number of benzene rings is 2. The summed E-state index contributed by atoms with van der Waals surface area (Å²) < 4.78 is 42.7. The van der Waals surface area contributed by atoms with E-state index in [9.17, 15) is 23.1 Å². The van der Waals surface area contributed by atoms with E-state index in [1.165, 1.54) is 0 Å². The van der Waals surface area contributed by atoms with Crippen LogP contribution < -0.4 is 14.8 Å². The van der Waals surface area contributed by atoms with Gasteiger partial charge in [0.25, 0.3) is 0 Å². The molecule has 1 heterocycles. The first kappa shape index (κ1) is 27.5. The maximum absolute atomic E-state index is 11.7. The van der Waals surface area contributed by atoms with Crippen LogP contribution in [0.15, 0.2) is 47.5 Å².